The molecule has 0 aliphatic heterocycles. The second-order valence-corrected chi connectivity index (χ2v) is 7.82. The largest absolute Gasteiger partial charge is 0.366 e. The number of carbonyl (C=O) groups is 1. The van der Waals surface area contributed by atoms with E-state index in [0.29, 0.717) is 17.5 Å². The molecule has 6 heteroatoms. The minimum atomic E-state index is -3.41. The molecule has 0 saturated heterocycles. The predicted molar refractivity (Wildman–Crippen MR) is 87.3 cm³/mol. The van der Waals surface area contributed by atoms with Crippen molar-refractivity contribution in [1.82, 2.24) is 0 Å². The normalized spacial score (nSPS) is 12.8. The molecule has 0 aromatic heterocycles. The van der Waals surface area contributed by atoms with Crippen molar-refractivity contribution < 1.29 is 17.6 Å². The quantitative estimate of drug-likeness (QED) is 0.881. The van der Waals surface area contributed by atoms with Crippen molar-refractivity contribution in [3.05, 3.63) is 71.0 Å². The van der Waals surface area contributed by atoms with Crippen LogP contribution in [0.4, 0.5) is 4.39 Å². The summed E-state index contributed by atoms with van der Waals surface area (Å²) in [5.41, 5.74) is 6.77. The van der Waals surface area contributed by atoms with E-state index in [1.807, 2.05) is 0 Å². The van der Waals surface area contributed by atoms with Crippen molar-refractivity contribution in [2.24, 2.45) is 5.73 Å². The Morgan fingerprint density at radius 3 is 2.39 bits per heavy atom. The van der Waals surface area contributed by atoms with Crippen LogP contribution in [0.1, 0.15) is 33.7 Å². The summed E-state index contributed by atoms with van der Waals surface area (Å²) in [6.07, 6.45) is 0.320. The zero-order valence-corrected chi connectivity index (χ0v) is 13.5. The first kappa shape index (κ1) is 17.1. The van der Waals surface area contributed by atoms with Crippen LogP contribution in [0.25, 0.3) is 0 Å². The fraction of sp³-hybridized carbons (Fsp3) is 0.235. The lowest BCUT2D eigenvalue weighted by Crippen LogP contribution is -2.16. The Balaban J connectivity index is 2.07. The Bertz CT molecular complexity index is 801. The van der Waals surface area contributed by atoms with Gasteiger partial charge < -0.3 is 5.73 Å². The molecule has 0 radical (unpaired) electrons. The van der Waals surface area contributed by atoms with Crippen LogP contribution in [-0.2, 0) is 16.3 Å². The van der Waals surface area contributed by atoms with Gasteiger partial charge in [-0.2, -0.15) is 0 Å². The fourth-order valence-corrected chi connectivity index (χ4v) is 3.67. The molecule has 0 saturated carbocycles. The molecule has 0 heterocycles. The van der Waals surface area contributed by atoms with Crippen LogP contribution in [0.2, 0.25) is 0 Å². The van der Waals surface area contributed by atoms with Crippen molar-refractivity contribution in [2.75, 3.05) is 5.75 Å². The SMILES string of the molecule is CC(c1cccc(F)c1)S(=O)(=O)CCc1ccc(C(N)=O)cc1. The van der Waals surface area contributed by atoms with Gasteiger partial charge >= 0.3 is 0 Å². The van der Waals surface area contributed by atoms with Gasteiger partial charge in [0.25, 0.3) is 0 Å². The van der Waals surface area contributed by atoms with Crippen LogP contribution in [0.15, 0.2) is 48.5 Å². The fourth-order valence-electron chi connectivity index (χ4n) is 2.24. The number of nitrogens with two attached hydrogens (primary N) is 1. The van der Waals surface area contributed by atoms with E-state index in [1.54, 1.807) is 37.3 Å². The molecule has 0 aliphatic carbocycles. The van der Waals surface area contributed by atoms with E-state index >= 15 is 0 Å². The molecule has 2 aromatic carbocycles. The van der Waals surface area contributed by atoms with E-state index < -0.39 is 26.8 Å². The second kappa shape index (κ2) is 6.91. The Hall–Kier alpha value is -2.21. The average Bonchev–Trinajstić information content (AvgIpc) is 2.52. The predicted octanol–water partition coefficient (Wildman–Crippen LogP) is 2.64. The number of hydrogen-bond acceptors (Lipinski definition) is 3. The van der Waals surface area contributed by atoms with Gasteiger partial charge in [0, 0.05) is 5.56 Å². The number of halogens is 1. The van der Waals surface area contributed by atoms with E-state index in [0.717, 1.165) is 5.56 Å². The number of amides is 1. The lowest BCUT2D eigenvalue weighted by Gasteiger charge is -2.13. The molecule has 2 aromatic rings. The first-order chi connectivity index (χ1) is 10.8. The first-order valence-corrected chi connectivity index (χ1v) is 8.87. The third kappa shape index (κ3) is 4.39. The lowest BCUT2D eigenvalue weighted by atomic mass is 10.1. The molecule has 2 N–H and O–H groups in total. The highest BCUT2D eigenvalue weighted by Crippen LogP contribution is 2.23. The van der Waals surface area contributed by atoms with Crippen molar-refractivity contribution >= 4 is 15.7 Å². The van der Waals surface area contributed by atoms with Crippen molar-refractivity contribution in [3.63, 3.8) is 0 Å². The first-order valence-electron chi connectivity index (χ1n) is 7.15. The molecule has 1 unspecified atom stereocenters. The van der Waals surface area contributed by atoms with E-state index in [-0.39, 0.29) is 5.75 Å². The van der Waals surface area contributed by atoms with Crippen LogP contribution in [0.3, 0.4) is 0 Å². The van der Waals surface area contributed by atoms with Gasteiger partial charge in [0.1, 0.15) is 5.82 Å². The number of benzene rings is 2. The summed E-state index contributed by atoms with van der Waals surface area (Å²) in [5, 5.41) is -0.775. The molecular formula is C17H18FNO3S. The number of rotatable bonds is 6. The van der Waals surface area contributed by atoms with Gasteiger partial charge in [-0.1, -0.05) is 24.3 Å². The highest BCUT2D eigenvalue weighted by Gasteiger charge is 2.22. The number of hydrogen-bond donors (Lipinski definition) is 1. The summed E-state index contributed by atoms with van der Waals surface area (Å²) in [6, 6.07) is 12.1. The maximum atomic E-state index is 13.2. The second-order valence-electron chi connectivity index (χ2n) is 5.38. The van der Waals surface area contributed by atoms with Gasteiger partial charge in [0.2, 0.25) is 5.91 Å². The smallest absolute Gasteiger partial charge is 0.248 e. The monoisotopic (exact) mass is 335 g/mol. The summed E-state index contributed by atoms with van der Waals surface area (Å²) in [4.78, 5) is 11.0. The third-order valence-electron chi connectivity index (χ3n) is 3.77. The maximum Gasteiger partial charge on any atom is 0.248 e. The molecule has 0 fully saturated rings. The van der Waals surface area contributed by atoms with Gasteiger partial charge in [-0.05, 0) is 48.7 Å². The molecular weight excluding hydrogens is 317 g/mol. The molecule has 2 rings (SSSR count). The summed E-state index contributed by atoms with van der Waals surface area (Å²) in [6.45, 7) is 1.56. The number of carbonyl (C=O) groups excluding carboxylic acids is 1. The van der Waals surface area contributed by atoms with Crippen molar-refractivity contribution in [1.29, 1.82) is 0 Å². The minimum Gasteiger partial charge on any atom is -0.366 e. The van der Waals surface area contributed by atoms with Gasteiger partial charge in [0.05, 0.1) is 11.0 Å². The van der Waals surface area contributed by atoms with Crippen LogP contribution in [0.5, 0.6) is 0 Å². The van der Waals surface area contributed by atoms with Gasteiger partial charge in [-0.15, -0.1) is 0 Å². The van der Waals surface area contributed by atoms with Crippen LogP contribution in [0, 0.1) is 5.82 Å². The molecule has 23 heavy (non-hydrogen) atoms. The number of primary amides is 1. The van der Waals surface area contributed by atoms with E-state index in [9.17, 15) is 17.6 Å². The van der Waals surface area contributed by atoms with E-state index in [4.69, 9.17) is 5.73 Å². The molecule has 4 nitrogen and oxygen atoms in total. The van der Waals surface area contributed by atoms with Crippen LogP contribution >= 0.6 is 0 Å². The number of sulfone groups is 1. The zero-order chi connectivity index (χ0) is 17.0. The van der Waals surface area contributed by atoms with Gasteiger partial charge in [-0.25, -0.2) is 12.8 Å². The molecule has 1 amide bonds. The third-order valence-corrected chi connectivity index (χ3v) is 5.89. The molecule has 0 bridgehead atoms. The minimum absolute atomic E-state index is 0.0550. The zero-order valence-electron chi connectivity index (χ0n) is 12.7. The molecule has 0 spiro atoms. The van der Waals surface area contributed by atoms with Gasteiger partial charge in [-0.3, -0.25) is 4.79 Å². The van der Waals surface area contributed by atoms with Crippen LogP contribution in [-0.4, -0.2) is 20.1 Å². The van der Waals surface area contributed by atoms with Crippen LogP contribution < -0.4 is 5.73 Å². The Morgan fingerprint density at radius 1 is 1.17 bits per heavy atom. The summed E-state index contributed by atoms with van der Waals surface area (Å²) in [7, 11) is -3.41. The summed E-state index contributed by atoms with van der Waals surface area (Å²) < 4.78 is 38.0. The highest BCUT2D eigenvalue weighted by atomic mass is 32.2. The summed E-state index contributed by atoms with van der Waals surface area (Å²) in [5.74, 6) is -1.03. The topological polar surface area (TPSA) is 77.2 Å². The average molecular weight is 335 g/mol. The Morgan fingerprint density at radius 2 is 1.83 bits per heavy atom. The standard InChI is InChI=1S/C17H18FNO3S/c1-12(15-3-2-4-16(18)11-15)23(21,22)10-9-13-5-7-14(8-6-13)17(19)20/h2-8,11-12H,9-10H2,1H3,(H2,19,20). The molecule has 0 aliphatic rings. The maximum absolute atomic E-state index is 13.2. The molecule has 122 valence electrons. The molecule has 1 atom stereocenters. The van der Waals surface area contributed by atoms with Crippen molar-refractivity contribution in [2.45, 2.75) is 18.6 Å². The highest BCUT2D eigenvalue weighted by molar-refractivity contribution is 7.91. The van der Waals surface area contributed by atoms with Gasteiger partial charge in [0.15, 0.2) is 9.84 Å². The van der Waals surface area contributed by atoms with E-state index in [1.165, 1.54) is 18.2 Å². The summed E-state index contributed by atoms with van der Waals surface area (Å²) >= 11 is 0. The Kier molecular flexibility index (Phi) is 5.15. The lowest BCUT2D eigenvalue weighted by molar-refractivity contribution is 0.100. The van der Waals surface area contributed by atoms with Crippen molar-refractivity contribution in [3.8, 4) is 0 Å². The number of aryl methyl sites for hydroxylation is 1. The van der Waals surface area contributed by atoms with E-state index in [2.05, 4.69) is 0 Å². The Labute approximate surface area is 135 Å².